The summed E-state index contributed by atoms with van der Waals surface area (Å²) in [5.41, 5.74) is 11.0. The van der Waals surface area contributed by atoms with Gasteiger partial charge in [-0.1, -0.05) is 0 Å². The molecule has 2 atom stereocenters. The van der Waals surface area contributed by atoms with Gasteiger partial charge in [-0.3, -0.25) is 4.79 Å². The number of amides is 1. The SMILES string of the molecule is N#Cc1ccc(C(=O)N/C(N)=C/C=C(/F)C2CN=C(N)OC(C(F)(F)F)C2)nc1. The van der Waals surface area contributed by atoms with E-state index >= 15 is 0 Å². The first-order valence-electron chi connectivity index (χ1n) is 8.13. The third kappa shape index (κ3) is 6.20. The molecule has 0 saturated carbocycles. The number of halogens is 4. The van der Waals surface area contributed by atoms with Crippen LogP contribution in [0, 0.1) is 17.2 Å². The first-order chi connectivity index (χ1) is 13.6. The van der Waals surface area contributed by atoms with Crippen LogP contribution in [-0.2, 0) is 4.74 Å². The molecular formula is C17H16F4N6O2. The summed E-state index contributed by atoms with van der Waals surface area (Å²) in [6, 6.07) is 3.84. The van der Waals surface area contributed by atoms with Crippen LogP contribution in [0.1, 0.15) is 22.5 Å². The van der Waals surface area contributed by atoms with Crippen LogP contribution in [0.2, 0.25) is 0 Å². The zero-order chi connectivity index (χ0) is 21.6. The topological polar surface area (TPSA) is 139 Å². The van der Waals surface area contributed by atoms with E-state index in [-0.39, 0.29) is 23.6 Å². The maximum atomic E-state index is 14.3. The summed E-state index contributed by atoms with van der Waals surface area (Å²) in [6.45, 7) is -0.337. The van der Waals surface area contributed by atoms with E-state index in [1.165, 1.54) is 18.3 Å². The van der Waals surface area contributed by atoms with Crippen LogP contribution in [0.15, 0.2) is 47.1 Å². The third-order valence-corrected chi connectivity index (χ3v) is 3.79. The molecule has 12 heteroatoms. The second-order valence-electron chi connectivity index (χ2n) is 5.93. The van der Waals surface area contributed by atoms with Gasteiger partial charge in [-0.05, 0) is 24.3 Å². The van der Waals surface area contributed by atoms with Crippen molar-refractivity contribution in [2.45, 2.75) is 18.7 Å². The molecule has 8 nitrogen and oxygen atoms in total. The molecule has 0 aromatic carbocycles. The Morgan fingerprint density at radius 1 is 1.38 bits per heavy atom. The number of pyridine rings is 1. The Kier molecular flexibility index (Phi) is 6.76. The molecule has 0 radical (unpaired) electrons. The average molecular weight is 412 g/mol. The second kappa shape index (κ2) is 9.05. The molecule has 0 bridgehead atoms. The summed E-state index contributed by atoms with van der Waals surface area (Å²) in [6.07, 6.45) is -4.74. The lowest BCUT2D eigenvalue weighted by Crippen LogP contribution is -2.36. The Bertz CT molecular complexity index is 887. The highest BCUT2D eigenvalue weighted by Gasteiger charge is 2.45. The summed E-state index contributed by atoms with van der Waals surface area (Å²) >= 11 is 0. The van der Waals surface area contributed by atoms with Crippen LogP contribution in [0.5, 0.6) is 0 Å². The molecule has 0 aliphatic carbocycles. The van der Waals surface area contributed by atoms with Crippen molar-refractivity contribution in [3.63, 3.8) is 0 Å². The van der Waals surface area contributed by atoms with E-state index in [1.807, 2.05) is 6.07 Å². The summed E-state index contributed by atoms with van der Waals surface area (Å²) in [4.78, 5) is 19.3. The van der Waals surface area contributed by atoms with Crippen molar-refractivity contribution in [2.24, 2.45) is 22.4 Å². The predicted molar refractivity (Wildman–Crippen MR) is 93.4 cm³/mol. The molecule has 1 amide bonds. The zero-order valence-corrected chi connectivity index (χ0v) is 14.8. The summed E-state index contributed by atoms with van der Waals surface area (Å²) < 4.78 is 57.6. The number of ether oxygens (including phenoxy) is 1. The quantitative estimate of drug-likeness (QED) is 0.507. The van der Waals surface area contributed by atoms with E-state index in [2.05, 4.69) is 20.0 Å². The number of nitriles is 1. The monoisotopic (exact) mass is 412 g/mol. The molecule has 0 saturated heterocycles. The normalized spacial score (nSPS) is 20.7. The van der Waals surface area contributed by atoms with Crippen LogP contribution in [-0.4, -0.2) is 35.7 Å². The largest absolute Gasteiger partial charge is 0.452 e. The van der Waals surface area contributed by atoms with Gasteiger partial charge in [0.25, 0.3) is 11.9 Å². The summed E-state index contributed by atoms with van der Waals surface area (Å²) in [7, 11) is 0. The molecular weight excluding hydrogens is 396 g/mol. The molecule has 29 heavy (non-hydrogen) atoms. The van der Waals surface area contributed by atoms with Gasteiger partial charge in [0.1, 0.15) is 23.4 Å². The van der Waals surface area contributed by atoms with Gasteiger partial charge in [0, 0.05) is 18.5 Å². The lowest BCUT2D eigenvalue weighted by Gasteiger charge is -2.21. The van der Waals surface area contributed by atoms with E-state index < -0.39 is 42.4 Å². The summed E-state index contributed by atoms with van der Waals surface area (Å²) in [5.74, 6) is -3.15. The van der Waals surface area contributed by atoms with Crippen molar-refractivity contribution in [3.05, 3.63) is 53.4 Å². The van der Waals surface area contributed by atoms with Crippen molar-refractivity contribution in [3.8, 4) is 6.07 Å². The second-order valence-corrected chi connectivity index (χ2v) is 5.93. The fraction of sp³-hybridized carbons (Fsp3) is 0.294. The third-order valence-electron chi connectivity index (χ3n) is 3.79. The van der Waals surface area contributed by atoms with Crippen LogP contribution in [0.25, 0.3) is 0 Å². The molecule has 0 spiro atoms. The minimum absolute atomic E-state index is 0.0384. The number of carbonyl (C=O) groups excluding carboxylic acids is 1. The smallest absolute Gasteiger partial charge is 0.425 e. The Morgan fingerprint density at radius 3 is 2.69 bits per heavy atom. The van der Waals surface area contributed by atoms with E-state index in [0.717, 1.165) is 12.2 Å². The van der Waals surface area contributed by atoms with E-state index in [1.54, 1.807) is 0 Å². The number of nitrogens with one attached hydrogen (secondary N) is 1. The lowest BCUT2D eigenvalue weighted by atomic mass is 9.99. The standard InChI is InChI=1S/C17H16F4N6O2/c18-11(10-5-13(17(19,20)21)29-16(24)26-8-10)2-4-14(23)27-15(28)12-3-1-9(6-22)7-25-12/h1-4,7,10,13H,5,8,23H2,(H2,24,26)(H,27,28)/b11-2+,14-4+. The number of carbonyl (C=O) groups is 1. The maximum absolute atomic E-state index is 14.3. The van der Waals surface area contributed by atoms with Gasteiger partial charge >= 0.3 is 6.18 Å². The van der Waals surface area contributed by atoms with Gasteiger partial charge in [-0.25, -0.2) is 14.4 Å². The first-order valence-corrected chi connectivity index (χ1v) is 8.13. The molecule has 154 valence electrons. The Labute approximate surface area is 162 Å². The van der Waals surface area contributed by atoms with Gasteiger partial charge < -0.3 is 21.5 Å². The van der Waals surface area contributed by atoms with Crippen molar-refractivity contribution in [1.29, 1.82) is 5.26 Å². The highest BCUT2D eigenvalue weighted by molar-refractivity contribution is 5.93. The molecule has 1 aromatic heterocycles. The molecule has 1 aliphatic rings. The summed E-state index contributed by atoms with van der Waals surface area (Å²) in [5, 5.41) is 10.9. The van der Waals surface area contributed by atoms with Crippen molar-refractivity contribution in [1.82, 2.24) is 10.3 Å². The Morgan fingerprint density at radius 2 is 2.10 bits per heavy atom. The number of hydrogen-bond donors (Lipinski definition) is 3. The molecule has 2 rings (SSSR count). The van der Waals surface area contributed by atoms with Crippen LogP contribution >= 0.6 is 0 Å². The van der Waals surface area contributed by atoms with Gasteiger partial charge in [-0.15, -0.1) is 0 Å². The van der Waals surface area contributed by atoms with Crippen molar-refractivity contribution in [2.75, 3.05) is 6.54 Å². The van der Waals surface area contributed by atoms with Gasteiger partial charge in [-0.2, -0.15) is 18.4 Å². The molecule has 1 aromatic rings. The molecule has 5 N–H and O–H groups in total. The van der Waals surface area contributed by atoms with Crippen LogP contribution in [0.3, 0.4) is 0 Å². The number of amidine groups is 1. The lowest BCUT2D eigenvalue weighted by molar-refractivity contribution is -0.201. The van der Waals surface area contributed by atoms with Crippen LogP contribution in [0.4, 0.5) is 17.6 Å². The fourth-order valence-electron chi connectivity index (χ4n) is 2.30. The number of nitrogens with two attached hydrogens (primary N) is 2. The van der Waals surface area contributed by atoms with E-state index in [9.17, 15) is 22.4 Å². The zero-order valence-electron chi connectivity index (χ0n) is 14.8. The Hall–Kier alpha value is -3.62. The van der Waals surface area contributed by atoms with Crippen molar-refractivity contribution >= 4 is 11.9 Å². The first kappa shape index (κ1) is 21.7. The number of rotatable bonds is 4. The number of hydrogen-bond acceptors (Lipinski definition) is 7. The number of aliphatic imine (C=N–C) groups is 1. The number of nitrogens with zero attached hydrogens (tertiary/aromatic N) is 3. The van der Waals surface area contributed by atoms with Gasteiger partial charge in [0.05, 0.1) is 12.1 Å². The predicted octanol–water partition coefficient (Wildman–Crippen LogP) is 1.62. The van der Waals surface area contributed by atoms with Gasteiger partial charge in [0.2, 0.25) is 0 Å². The Balaban J connectivity index is 2.06. The number of aromatic nitrogens is 1. The number of alkyl halides is 3. The minimum Gasteiger partial charge on any atom is -0.452 e. The van der Waals surface area contributed by atoms with E-state index in [0.29, 0.717) is 0 Å². The average Bonchev–Trinajstić information content (AvgIpc) is 2.88. The fourth-order valence-corrected chi connectivity index (χ4v) is 2.30. The van der Waals surface area contributed by atoms with E-state index in [4.69, 9.17) is 16.7 Å². The van der Waals surface area contributed by atoms with Crippen molar-refractivity contribution < 1.29 is 27.1 Å². The molecule has 0 fully saturated rings. The minimum atomic E-state index is -4.74. The molecule has 2 heterocycles. The van der Waals surface area contributed by atoms with Crippen LogP contribution < -0.4 is 16.8 Å². The highest BCUT2D eigenvalue weighted by atomic mass is 19.4. The highest BCUT2D eigenvalue weighted by Crippen LogP contribution is 2.32. The molecule has 2 unspecified atom stereocenters. The molecule has 1 aliphatic heterocycles. The van der Waals surface area contributed by atoms with Gasteiger partial charge in [0.15, 0.2) is 6.10 Å². The number of allylic oxidation sites excluding steroid dienone is 2. The maximum Gasteiger partial charge on any atom is 0.425 e.